The molecule has 0 radical (unpaired) electrons. The molecule has 13 heteroatoms. The van der Waals surface area contributed by atoms with Crippen LogP contribution in [0.1, 0.15) is 76.4 Å². The van der Waals surface area contributed by atoms with E-state index in [0.29, 0.717) is 10.0 Å². The summed E-state index contributed by atoms with van der Waals surface area (Å²) in [5.41, 5.74) is -0.807. The number of ketones is 2. The fourth-order valence-electron chi connectivity index (χ4n) is 7.57. The first kappa shape index (κ1) is 36.4. The Kier molecular flexibility index (Phi) is 9.25. The largest absolute Gasteiger partial charge is 0.508 e. The summed E-state index contributed by atoms with van der Waals surface area (Å²) in [5, 5.41) is 26.8. The van der Waals surface area contributed by atoms with Gasteiger partial charge in [0.1, 0.15) is 29.5 Å². The van der Waals surface area contributed by atoms with Gasteiger partial charge in [-0.15, -0.1) is 0 Å². The fourth-order valence-corrected chi connectivity index (χ4v) is 9.63. The summed E-state index contributed by atoms with van der Waals surface area (Å²) < 4.78 is 36.0. The number of rotatable bonds is 8. The molecule has 0 spiro atoms. The van der Waals surface area contributed by atoms with Gasteiger partial charge in [-0.3, -0.25) is 14.5 Å². The number of aliphatic hydroxyl groups is 1. The van der Waals surface area contributed by atoms with Crippen molar-refractivity contribution in [1.82, 2.24) is 15.0 Å². The predicted octanol–water partition coefficient (Wildman–Crippen LogP) is 7.37. The second kappa shape index (κ2) is 12.7. The minimum Gasteiger partial charge on any atom is -0.508 e. The topological polar surface area (TPSA) is 126 Å². The number of aliphatic hydroxyl groups excluding tert-OH is 1. The summed E-state index contributed by atoms with van der Waals surface area (Å²) in [7, 11) is 4.37. The Balaban J connectivity index is 1.61. The zero-order chi connectivity index (χ0) is 36.7. The highest BCUT2D eigenvalue weighted by atomic mass is 79.9. The first-order chi connectivity index (χ1) is 23.3. The smallest absolute Gasteiger partial charge is 0.263 e. The quantitative estimate of drug-likeness (QED) is 0.225. The van der Waals surface area contributed by atoms with Gasteiger partial charge in [-0.25, -0.2) is 4.39 Å². The van der Waals surface area contributed by atoms with E-state index < -0.39 is 65.9 Å². The maximum Gasteiger partial charge on any atom is 0.263 e. The third-order valence-corrected chi connectivity index (χ3v) is 16.2. The van der Waals surface area contributed by atoms with E-state index in [1.165, 1.54) is 0 Å². The highest BCUT2D eigenvalue weighted by Gasteiger charge is 2.67. The molecule has 1 aromatic heterocycles. The molecule has 2 aromatic carbocycles. The van der Waals surface area contributed by atoms with Crippen molar-refractivity contribution in [3.63, 3.8) is 0 Å². The second-order valence-electron chi connectivity index (χ2n) is 15.7. The number of hydrogen-bond acceptors (Lipinski definition) is 10. The van der Waals surface area contributed by atoms with Crippen LogP contribution in [0.15, 0.2) is 50.7 Å². The molecule has 10 nitrogen and oxygen atoms in total. The van der Waals surface area contributed by atoms with E-state index in [-0.39, 0.29) is 59.8 Å². The standard InChI is InChI=1S/C37H45BrFN3O7Si/c1-36(2,3)50(8,9)49-37-23(29(42(6)7)32-26(34(37)45)35(46)40-48-32)16-20-15-21-25(30(43)24(20)33(37)44)31(47-18-19-13-11-10-12-14-19)27(38)22(28(21)39)17-41(4)5/h10-14,20,23,29,44H,15-18H2,1-9H3,(H,40,46)/t20-,23-,29-,37-/m0/s1. The third kappa shape index (κ3) is 5.56. The average Bonchev–Trinajstić information content (AvgIpc) is 3.41. The SMILES string of the molecule is CN(C)Cc1c(F)c2c(c(OCc3ccccc3)c1Br)C(=O)C1=C(O)[C@]3(O[Si](C)(C)C(C)(C)C)C(=O)c4c(O)noc4[C@@H](N(C)C)[C@@H]3C[C@@H]1C2. The lowest BCUT2D eigenvalue weighted by Gasteiger charge is -2.55. The summed E-state index contributed by atoms with van der Waals surface area (Å²) in [4.78, 5) is 33.5. The van der Waals surface area contributed by atoms with Gasteiger partial charge in [0.05, 0.1) is 16.1 Å². The van der Waals surface area contributed by atoms with Gasteiger partial charge in [-0.05, 0) is 91.7 Å². The molecule has 0 saturated heterocycles. The fraction of sp³-hybridized carbons (Fsp3) is 0.486. The van der Waals surface area contributed by atoms with Crippen molar-refractivity contribution >= 4 is 35.8 Å². The molecule has 3 aromatic rings. The number of fused-ring (bicyclic) bond motifs is 4. The lowest BCUT2D eigenvalue weighted by atomic mass is 9.58. The molecule has 0 fully saturated rings. The number of allylic oxidation sites excluding steroid dienone is 1. The highest BCUT2D eigenvalue weighted by Crippen LogP contribution is 2.60. The van der Waals surface area contributed by atoms with E-state index in [9.17, 15) is 19.8 Å². The first-order valence-electron chi connectivity index (χ1n) is 16.8. The van der Waals surface area contributed by atoms with Crippen LogP contribution in [0.2, 0.25) is 18.1 Å². The summed E-state index contributed by atoms with van der Waals surface area (Å²) >= 11 is 3.58. The summed E-state index contributed by atoms with van der Waals surface area (Å²) in [6.45, 7) is 10.3. The number of ether oxygens (including phenoxy) is 1. The van der Waals surface area contributed by atoms with Gasteiger partial charge in [0.25, 0.3) is 5.88 Å². The van der Waals surface area contributed by atoms with Gasteiger partial charge in [-0.2, -0.15) is 0 Å². The molecule has 0 saturated carbocycles. The molecule has 268 valence electrons. The van der Waals surface area contributed by atoms with E-state index in [0.717, 1.165) is 5.56 Å². The molecule has 0 bridgehead atoms. The Morgan fingerprint density at radius 1 is 1.10 bits per heavy atom. The molecule has 4 atom stereocenters. The number of nitrogens with zero attached hydrogens (tertiary/aromatic N) is 3. The van der Waals surface area contributed by atoms with Crippen molar-refractivity contribution in [2.75, 3.05) is 28.2 Å². The van der Waals surface area contributed by atoms with Gasteiger partial charge < -0.3 is 28.8 Å². The Morgan fingerprint density at radius 3 is 2.36 bits per heavy atom. The second-order valence-corrected chi connectivity index (χ2v) is 21.2. The van der Waals surface area contributed by atoms with Crippen LogP contribution < -0.4 is 4.74 Å². The number of aromatic nitrogens is 1. The Bertz CT molecular complexity index is 1900. The van der Waals surface area contributed by atoms with Gasteiger partial charge in [0, 0.05) is 29.2 Å². The minimum absolute atomic E-state index is 0.00562. The molecule has 0 unspecified atom stereocenters. The lowest BCUT2D eigenvalue weighted by molar-refractivity contribution is -0.0481. The van der Waals surface area contributed by atoms with Gasteiger partial charge in [0.15, 0.2) is 25.5 Å². The van der Waals surface area contributed by atoms with Crippen LogP contribution in [0.25, 0.3) is 0 Å². The average molecular weight is 771 g/mol. The van der Waals surface area contributed by atoms with Gasteiger partial charge in [-0.1, -0.05) is 51.1 Å². The van der Waals surface area contributed by atoms with Crippen molar-refractivity contribution in [3.05, 3.63) is 85.5 Å². The lowest BCUT2D eigenvalue weighted by Crippen LogP contribution is -2.65. The van der Waals surface area contributed by atoms with Gasteiger partial charge >= 0.3 is 0 Å². The Hall–Kier alpha value is -3.36. The number of halogens is 2. The van der Waals surface area contributed by atoms with Crippen LogP contribution in [0, 0.1) is 17.7 Å². The number of carbonyl (C=O) groups is 2. The Morgan fingerprint density at radius 2 is 1.76 bits per heavy atom. The normalized spacial score (nSPS) is 23.6. The summed E-state index contributed by atoms with van der Waals surface area (Å²) in [6.07, 6.45) is 0.268. The summed E-state index contributed by atoms with van der Waals surface area (Å²) in [6, 6.07) is 8.76. The van der Waals surface area contributed by atoms with Crippen LogP contribution in [-0.2, 0) is 24.0 Å². The predicted molar refractivity (Wildman–Crippen MR) is 191 cm³/mol. The summed E-state index contributed by atoms with van der Waals surface area (Å²) in [5.74, 6) is -4.06. The Labute approximate surface area is 301 Å². The molecule has 0 amide bonds. The van der Waals surface area contributed by atoms with Crippen LogP contribution >= 0.6 is 15.9 Å². The molecular weight excluding hydrogens is 725 g/mol. The molecule has 2 N–H and O–H groups in total. The van der Waals surface area contributed by atoms with Crippen molar-refractivity contribution in [3.8, 4) is 11.6 Å². The van der Waals surface area contributed by atoms with Crippen LogP contribution in [-0.4, -0.2) is 78.8 Å². The van der Waals surface area contributed by atoms with E-state index in [1.807, 2.05) is 88.1 Å². The van der Waals surface area contributed by atoms with Crippen molar-refractivity contribution in [2.24, 2.45) is 11.8 Å². The molecule has 6 rings (SSSR count). The van der Waals surface area contributed by atoms with Crippen LogP contribution in [0.4, 0.5) is 4.39 Å². The van der Waals surface area contributed by atoms with E-state index in [2.05, 4.69) is 21.1 Å². The van der Waals surface area contributed by atoms with Gasteiger partial charge in [0.2, 0.25) is 5.78 Å². The van der Waals surface area contributed by atoms with Crippen molar-refractivity contribution in [2.45, 2.75) is 76.5 Å². The zero-order valence-electron chi connectivity index (χ0n) is 30.0. The molecule has 3 aliphatic carbocycles. The number of carbonyl (C=O) groups excluding carboxylic acids is 2. The first-order valence-corrected chi connectivity index (χ1v) is 20.5. The zero-order valence-corrected chi connectivity index (χ0v) is 32.6. The number of benzene rings is 2. The van der Waals surface area contributed by atoms with E-state index in [1.54, 1.807) is 14.1 Å². The number of hydrogen-bond donors (Lipinski definition) is 2. The third-order valence-electron chi connectivity index (χ3n) is 10.9. The van der Waals surface area contributed by atoms with Crippen LogP contribution in [0.5, 0.6) is 11.6 Å². The molecule has 3 aliphatic rings. The molecule has 0 aliphatic heterocycles. The highest BCUT2D eigenvalue weighted by molar-refractivity contribution is 9.10. The van der Waals surface area contributed by atoms with E-state index >= 15 is 4.39 Å². The number of aromatic hydroxyl groups is 1. The van der Waals surface area contributed by atoms with Crippen molar-refractivity contribution < 1.29 is 37.9 Å². The molecular formula is C37H45BrFN3O7Si. The minimum atomic E-state index is -2.90. The monoisotopic (exact) mass is 769 g/mol. The maximum atomic E-state index is 16.7. The van der Waals surface area contributed by atoms with Crippen LogP contribution in [0.3, 0.4) is 0 Å². The van der Waals surface area contributed by atoms with E-state index in [4.69, 9.17) is 13.7 Å². The van der Waals surface area contributed by atoms with Crippen molar-refractivity contribution in [1.29, 1.82) is 0 Å². The number of Topliss-reactive ketones (excluding diaryl/α,β-unsaturated/α-hetero) is 2. The molecule has 1 heterocycles. The molecule has 50 heavy (non-hydrogen) atoms. The maximum absolute atomic E-state index is 16.7.